The van der Waals surface area contributed by atoms with E-state index in [2.05, 4.69) is 10.1 Å². The van der Waals surface area contributed by atoms with E-state index in [0.717, 1.165) is 6.42 Å². The average Bonchev–Trinajstić information content (AvgIpc) is 2.90. The number of hydrogen-bond donors (Lipinski definition) is 1. The lowest BCUT2D eigenvalue weighted by Crippen LogP contribution is -2.18. The summed E-state index contributed by atoms with van der Waals surface area (Å²) in [7, 11) is 0. The number of ether oxygens (including phenoxy) is 1. The van der Waals surface area contributed by atoms with Gasteiger partial charge in [0.15, 0.2) is 5.82 Å². The summed E-state index contributed by atoms with van der Waals surface area (Å²) in [5.41, 5.74) is 6.40. The van der Waals surface area contributed by atoms with Crippen molar-refractivity contribution >= 4 is 0 Å². The summed E-state index contributed by atoms with van der Waals surface area (Å²) in [5.74, 6) is 0.436. The molecule has 0 aliphatic heterocycles. The van der Waals surface area contributed by atoms with Gasteiger partial charge in [0.05, 0.1) is 19.1 Å². The van der Waals surface area contributed by atoms with Crippen LogP contribution >= 0.6 is 0 Å². The summed E-state index contributed by atoms with van der Waals surface area (Å²) in [6, 6.07) is 6.05. The van der Waals surface area contributed by atoms with Crippen molar-refractivity contribution in [2.45, 2.75) is 25.8 Å². The van der Waals surface area contributed by atoms with E-state index in [4.69, 9.17) is 15.0 Å². The zero-order valence-electron chi connectivity index (χ0n) is 11.4. The Balaban J connectivity index is 1.97. The van der Waals surface area contributed by atoms with E-state index < -0.39 is 6.04 Å². The minimum absolute atomic E-state index is 0.252. The molecule has 0 radical (unpaired) electrons. The number of aromatic nitrogens is 2. The van der Waals surface area contributed by atoms with Crippen LogP contribution in [0, 0.1) is 5.82 Å². The number of halogens is 1. The van der Waals surface area contributed by atoms with Gasteiger partial charge in [0.2, 0.25) is 5.89 Å². The van der Waals surface area contributed by atoms with Gasteiger partial charge in [-0.05, 0) is 18.1 Å². The van der Waals surface area contributed by atoms with E-state index in [1.807, 2.05) is 6.92 Å². The number of benzene rings is 1. The van der Waals surface area contributed by atoms with E-state index in [1.54, 1.807) is 18.2 Å². The molecule has 2 rings (SSSR count). The van der Waals surface area contributed by atoms with E-state index in [1.165, 1.54) is 6.07 Å². The highest BCUT2D eigenvalue weighted by Gasteiger charge is 2.15. The van der Waals surface area contributed by atoms with E-state index >= 15 is 0 Å². The number of rotatable bonds is 7. The first-order chi connectivity index (χ1) is 9.70. The molecule has 0 saturated carbocycles. The topological polar surface area (TPSA) is 74.2 Å². The van der Waals surface area contributed by atoms with Crippen LogP contribution in [0.4, 0.5) is 4.39 Å². The first-order valence-electron chi connectivity index (χ1n) is 6.60. The maximum atomic E-state index is 13.5. The third-order valence-electron chi connectivity index (χ3n) is 2.76. The van der Waals surface area contributed by atoms with Gasteiger partial charge in [-0.25, -0.2) is 4.39 Å². The summed E-state index contributed by atoms with van der Waals surface area (Å²) >= 11 is 0. The van der Waals surface area contributed by atoms with Gasteiger partial charge in [-0.1, -0.05) is 30.3 Å². The predicted molar refractivity (Wildman–Crippen MR) is 71.5 cm³/mol. The molecule has 1 heterocycles. The van der Waals surface area contributed by atoms with Gasteiger partial charge in [0.1, 0.15) is 5.82 Å². The van der Waals surface area contributed by atoms with Gasteiger partial charge in [-0.3, -0.25) is 0 Å². The molecule has 1 aromatic heterocycles. The minimum Gasteiger partial charge on any atom is -0.379 e. The highest BCUT2D eigenvalue weighted by molar-refractivity contribution is 5.20. The van der Waals surface area contributed by atoms with Crippen molar-refractivity contribution in [2.24, 2.45) is 5.73 Å². The van der Waals surface area contributed by atoms with Crippen LogP contribution < -0.4 is 5.73 Å². The molecule has 0 spiro atoms. The summed E-state index contributed by atoms with van der Waals surface area (Å²) in [6.45, 7) is 3.01. The van der Waals surface area contributed by atoms with Gasteiger partial charge in [-0.2, -0.15) is 4.98 Å². The molecule has 2 N–H and O–H groups in total. The molecule has 0 amide bonds. The van der Waals surface area contributed by atoms with Gasteiger partial charge in [0, 0.05) is 6.61 Å². The fourth-order valence-corrected chi connectivity index (χ4v) is 1.72. The fourth-order valence-electron chi connectivity index (χ4n) is 1.72. The monoisotopic (exact) mass is 279 g/mol. The molecule has 0 bridgehead atoms. The van der Waals surface area contributed by atoms with Crippen LogP contribution in [-0.2, 0) is 11.2 Å². The van der Waals surface area contributed by atoms with Crippen LogP contribution in [0.25, 0.3) is 0 Å². The molecule has 1 unspecified atom stereocenters. The van der Waals surface area contributed by atoms with Crippen LogP contribution in [-0.4, -0.2) is 23.4 Å². The Labute approximate surface area is 116 Å². The molecule has 2 aromatic rings. The quantitative estimate of drug-likeness (QED) is 0.787. The van der Waals surface area contributed by atoms with Crippen molar-refractivity contribution in [1.29, 1.82) is 0 Å². The van der Waals surface area contributed by atoms with Crippen LogP contribution in [0.3, 0.4) is 0 Å². The lowest BCUT2D eigenvalue weighted by Gasteiger charge is -2.06. The fraction of sp³-hybridized carbons (Fsp3) is 0.429. The highest BCUT2D eigenvalue weighted by atomic mass is 19.1. The van der Waals surface area contributed by atoms with Crippen molar-refractivity contribution < 1.29 is 13.7 Å². The molecule has 1 atom stereocenters. The Morgan fingerprint density at radius 3 is 2.95 bits per heavy atom. The predicted octanol–water partition coefficient (Wildman–Crippen LogP) is 2.23. The highest BCUT2D eigenvalue weighted by Crippen LogP contribution is 2.13. The summed E-state index contributed by atoms with van der Waals surface area (Å²) in [6.07, 6.45) is 1.18. The van der Waals surface area contributed by atoms with Crippen LogP contribution in [0.1, 0.15) is 36.7 Å². The minimum atomic E-state index is -0.431. The van der Waals surface area contributed by atoms with Crippen molar-refractivity contribution in [1.82, 2.24) is 10.1 Å². The molecule has 5 nitrogen and oxygen atoms in total. The zero-order chi connectivity index (χ0) is 14.4. The second-order valence-corrected chi connectivity index (χ2v) is 4.50. The Hall–Kier alpha value is -1.79. The SMILES string of the molecule is CCCOCC(N)c1noc(Cc2ccccc2F)n1. The van der Waals surface area contributed by atoms with Crippen molar-refractivity contribution in [3.05, 3.63) is 47.4 Å². The number of nitrogens with two attached hydrogens (primary N) is 1. The van der Waals surface area contributed by atoms with Crippen LogP contribution in [0.5, 0.6) is 0 Å². The second-order valence-electron chi connectivity index (χ2n) is 4.50. The largest absolute Gasteiger partial charge is 0.379 e. The molecule has 0 fully saturated rings. The van der Waals surface area contributed by atoms with Crippen molar-refractivity contribution in [3.8, 4) is 0 Å². The maximum Gasteiger partial charge on any atom is 0.231 e. The van der Waals surface area contributed by atoms with E-state index in [9.17, 15) is 4.39 Å². The van der Waals surface area contributed by atoms with Gasteiger partial charge in [-0.15, -0.1) is 0 Å². The first kappa shape index (κ1) is 14.6. The van der Waals surface area contributed by atoms with Gasteiger partial charge >= 0.3 is 0 Å². The number of nitrogens with zero attached hydrogens (tertiary/aromatic N) is 2. The Bertz CT molecular complexity index is 545. The molecule has 0 saturated heterocycles. The zero-order valence-corrected chi connectivity index (χ0v) is 11.4. The van der Waals surface area contributed by atoms with Crippen LogP contribution in [0.2, 0.25) is 0 Å². The Kier molecular flexibility index (Phi) is 5.20. The summed E-state index contributed by atoms with van der Waals surface area (Å²) in [5, 5.41) is 3.81. The Morgan fingerprint density at radius 2 is 2.20 bits per heavy atom. The van der Waals surface area contributed by atoms with E-state index in [0.29, 0.717) is 30.5 Å². The summed E-state index contributed by atoms with van der Waals surface area (Å²) in [4.78, 5) is 4.18. The lowest BCUT2D eigenvalue weighted by atomic mass is 10.1. The molecule has 20 heavy (non-hydrogen) atoms. The molecule has 0 aliphatic rings. The normalized spacial score (nSPS) is 12.6. The molecule has 1 aromatic carbocycles. The third-order valence-corrected chi connectivity index (χ3v) is 2.76. The van der Waals surface area contributed by atoms with Crippen molar-refractivity contribution in [3.63, 3.8) is 0 Å². The second kappa shape index (κ2) is 7.12. The van der Waals surface area contributed by atoms with Crippen molar-refractivity contribution in [2.75, 3.05) is 13.2 Å². The van der Waals surface area contributed by atoms with Gasteiger partial charge in [0.25, 0.3) is 0 Å². The summed E-state index contributed by atoms with van der Waals surface area (Å²) < 4.78 is 23.9. The molecule has 6 heteroatoms. The standard InChI is InChI=1S/C14H18FN3O2/c1-2-7-19-9-12(16)14-17-13(20-18-14)8-10-5-3-4-6-11(10)15/h3-6,12H,2,7-9,16H2,1H3. The molecular weight excluding hydrogens is 261 g/mol. The maximum absolute atomic E-state index is 13.5. The first-order valence-corrected chi connectivity index (χ1v) is 6.60. The lowest BCUT2D eigenvalue weighted by molar-refractivity contribution is 0.119. The average molecular weight is 279 g/mol. The smallest absolute Gasteiger partial charge is 0.231 e. The van der Waals surface area contributed by atoms with Crippen LogP contribution in [0.15, 0.2) is 28.8 Å². The molecule has 108 valence electrons. The molecule has 0 aliphatic carbocycles. The Morgan fingerprint density at radius 1 is 1.40 bits per heavy atom. The van der Waals surface area contributed by atoms with E-state index in [-0.39, 0.29) is 12.2 Å². The van der Waals surface area contributed by atoms with Gasteiger partial charge < -0.3 is 15.0 Å². The third kappa shape index (κ3) is 3.85. The number of hydrogen-bond acceptors (Lipinski definition) is 5. The molecular formula is C14H18FN3O2.